The van der Waals surface area contributed by atoms with Gasteiger partial charge >= 0.3 is 0 Å². The Morgan fingerprint density at radius 1 is 1.15 bits per heavy atom. The van der Waals surface area contributed by atoms with Crippen molar-refractivity contribution in [2.24, 2.45) is 0 Å². The van der Waals surface area contributed by atoms with Gasteiger partial charge in [-0.05, 0) is 37.8 Å². The van der Waals surface area contributed by atoms with Crippen LogP contribution in [-0.2, 0) is 12.8 Å². The van der Waals surface area contributed by atoms with Gasteiger partial charge in [0.1, 0.15) is 5.15 Å². The van der Waals surface area contributed by atoms with E-state index in [2.05, 4.69) is 10.1 Å². The summed E-state index contributed by atoms with van der Waals surface area (Å²) in [4.78, 5) is 9.17. The molecule has 1 aliphatic carbocycles. The molecule has 0 atom stereocenters. The molecule has 4 rings (SSSR count). The van der Waals surface area contributed by atoms with Crippen molar-refractivity contribution in [3.8, 4) is 11.3 Å². The number of pyridine rings is 1. The van der Waals surface area contributed by atoms with Gasteiger partial charge in [0.15, 0.2) is 5.65 Å². The number of nitrogens with zero attached hydrogens (tertiary/aromatic N) is 4. The molecule has 0 unspecified atom stereocenters. The molecule has 0 saturated heterocycles. The average Bonchev–Trinajstić information content (AvgIpc) is 2.92. The van der Waals surface area contributed by atoms with Gasteiger partial charge < -0.3 is 0 Å². The third-order valence-electron chi connectivity index (χ3n) is 3.80. The van der Waals surface area contributed by atoms with Gasteiger partial charge in [-0.3, -0.25) is 4.98 Å². The van der Waals surface area contributed by atoms with Crippen LogP contribution in [-0.4, -0.2) is 19.6 Å². The Morgan fingerprint density at radius 2 is 2.05 bits per heavy atom. The first kappa shape index (κ1) is 11.9. The van der Waals surface area contributed by atoms with Crippen molar-refractivity contribution < 1.29 is 0 Å². The van der Waals surface area contributed by atoms with Crippen molar-refractivity contribution >= 4 is 17.2 Å². The first-order chi connectivity index (χ1) is 9.84. The number of hydrogen-bond acceptors (Lipinski definition) is 3. The van der Waals surface area contributed by atoms with E-state index in [1.807, 2.05) is 18.2 Å². The number of aromatic nitrogens is 4. The third kappa shape index (κ3) is 1.72. The normalized spacial score (nSPS) is 14.4. The lowest BCUT2D eigenvalue weighted by Gasteiger charge is -2.16. The smallest absolute Gasteiger partial charge is 0.166 e. The van der Waals surface area contributed by atoms with Crippen molar-refractivity contribution in [2.45, 2.75) is 25.7 Å². The maximum absolute atomic E-state index is 6.50. The first-order valence-corrected chi connectivity index (χ1v) is 7.19. The molecule has 1 aliphatic rings. The number of hydrogen-bond donors (Lipinski definition) is 0. The molecular weight excluding hydrogens is 272 g/mol. The molecule has 3 heterocycles. The quantitative estimate of drug-likeness (QED) is 0.644. The van der Waals surface area contributed by atoms with Crippen LogP contribution in [0.2, 0.25) is 5.15 Å². The predicted octanol–water partition coefficient (Wildman–Crippen LogP) is 3.32. The van der Waals surface area contributed by atoms with E-state index in [1.165, 1.54) is 12.8 Å². The highest BCUT2D eigenvalue weighted by Gasteiger charge is 2.20. The van der Waals surface area contributed by atoms with Crippen LogP contribution in [0, 0.1) is 0 Å². The first-order valence-electron chi connectivity index (χ1n) is 6.81. The van der Waals surface area contributed by atoms with E-state index in [1.54, 1.807) is 16.9 Å². The highest BCUT2D eigenvalue weighted by molar-refractivity contribution is 6.30. The fraction of sp³-hybridized carbons (Fsp3) is 0.267. The summed E-state index contributed by atoms with van der Waals surface area (Å²) in [5.41, 5.74) is 4.88. The van der Waals surface area contributed by atoms with Gasteiger partial charge in [0.05, 0.1) is 17.5 Å². The summed E-state index contributed by atoms with van der Waals surface area (Å²) < 4.78 is 1.73. The largest absolute Gasteiger partial charge is 0.256 e. The molecule has 20 heavy (non-hydrogen) atoms. The zero-order valence-corrected chi connectivity index (χ0v) is 11.6. The molecule has 0 bridgehead atoms. The van der Waals surface area contributed by atoms with Crippen LogP contribution in [0.5, 0.6) is 0 Å². The van der Waals surface area contributed by atoms with Crippen molar-refractivity contribution in [3.63, 3.8) is 0 Å². The zero-order valence-electron chi connectivity index (χ0n) is 10.9. The van der Waals surface area contributed by atoms with Crippen LogP contribution in [0.3, 0.4) is 0 Å². The lowest BCUT2D eigenvalue weighted by molar-refractivity contribution is 0.660. The molecule has 0 saturated carbocycles. The minimum atomic E-state index is 0.701. The summed E-state index contributed by atoms with van der Waals surface area (Å²) in [6.45, 7) is 0. The summed E-state index contributed by atoms with van der Waals surface area (Å²) in [5, 5.41) is 5.09. The van der Waals surface area contributed by atoms with Crippen LogP contribution >= 0.6 is 11.6 Å². The van der Waals surface area contributed by atoms with E-state index in [4.69, 9.17) is 16.6 Å². The molecule has 0 amide bonds. The molecule has 0 aromatic carbocycles. The molecule has 4 nitrogen and oxygen atoms in total. The van der Waals surface area contributed by atoms with E-state index in [0.717, 1.165) is 41.0 Å². The predicted molar refractivity (Wildman–Crippen MR) is 77.9 cm³/mol. The van der Waals surface area contributed by atoms with Crippen LogP contribution in [0.4, 0.5) is 0 Å². The molecule has 5 heteroatoms. The third-order valence-corrected chi connectivity index (χ3v) is 4.19. The SMILES string of the molecule is Clc1c2c(nc3c(-c4ccccn4)cnn13)CCCC2. The Morgan fingerprint density at radius 3 is 2.90 bits per heavy atom. The average molecular weight is 285 g/mol. The van der Waals surface area contributed by atoms with Crippen LogP contribution in [0.1, 0.15) is 24.1 Å². The van der Waals surface area contributed by atoms with Crippen molar-refractivity contribution in [1.82, 2.24) is 19.6 Å². The van der Waals surface area contributed by atoms with Crippen LogP contribution in [0.15, 0.2) is 30.6 Å². The molecule has 0 spiro atoms. The Labute approximate surface area is 121 Å². The van der Waals surface area contributed by atoms with Crippen molar-refractivity contribution in [3.05, 3.63) is 47.0 Å². The zero-order chi connectivity index (χ0) is 13.5. The van der Waals surface area contributed by atoms with Crippen LogP contribution < -0.4 is 0 Å². The molecule has 0 fully saturated rings. The highest BCUT2D eigenvalue weighted by atomic mass is 35.5. The van der Waals surface area contributed by atoms with E-state index in [-0.39, 0.29) is 0 Å². The second-order valence-corrected chi connectivity index (χ2v) is 5.40. The van der Waals surface area contributed by atoms with Gasteiger partial charge in [-0.2, -0.15) is 5.10 Å². The standard InChI is InChI=1S/C15H13ClN4/c16-14-10-5-1-2-7-13(10)19-15-11(9-18-20(14)15)12-6-3-4-8-17-12/h3-4,6,8-9H,1-2,5,7H2. The summed E-state index contributed by atoms with van der Waals surface area (Å²) >= 11 is 6.50. The number of aryl methyl sites for hydroxylation is 1. The Hall–Kier alpha value is -1.94. The number of rotatable bonds is 1. The molecular formula is C15H13ClN4. The molecule has 0 radical (unpaired) electrons. The van der Waals surface area contributed by atoms with Gasteiger partial charge in [-0.15, -0.1) is 0 Å². The van der Waals surface area contributed by atoms with Gasteiger partial charge in [0.25, 0.3) is 0 Å². The van der Waals surface area contributed by atoms with E-state index < -0.39 is 0 Å². The Kier molecular flexibility index (Phi) is 2.70. The highest BCUT2D eigenvalue weighted by Crippen LogP contribution is 2.30. The van der Waals surface area contributed by atoms with Gasteiger partial charge in [-0.25, -0.2) is 9.50 Å². The van der Waals surface area contributed by atoms with Crippen LogP contribution in [0.25, 0.3) is 16.9 Å². The van der Waals surface area contributed by atoms with Crippen molar-refractivity contribution in [1.29, 1.82) is 0 Å². The molecule has 100 valence electrons. The number of halogens is 1. The maximum atomic E-state index is 6.50. The maximum Gasteiger partial charge on any atom is 0.166 e. The van der Waals surface area contributed by atoms with Gasteiger partial charge in [0, 0.05) is 17.5 Å². The topological polar surface area (TPSA) is 43.1 Å². The van der Waals surface area contributed by atoms with Gasteiger partial charge in [-0.1, -0.05) is 17.7 Å². The summed E-state index contributed by atoms with van der Waals surface area (Å²) in [5.74, 6) is 0. The fourth-order valence-corrected chi connectivity index (χ4v) is 3.11. The Balaban J connectivity index is 1.99. The summed E-state index contributed by atoms with van der Waals surface area (Å²) in [7, 11) is 0. The number of fused-ring (bicyclic) bond motifs is 2. The summed E-state index contributed by atoms with van der Waals surface area (Å²) in [6, 6.07) is 5.83. The molecule has 3 aromatic heterocycles. The van der Waals surface area contributed by atoms with Gasteiger partial charge in [0.2, 0.25) is 0 Å². The second kappa shape index (κ2) is 4.56. The molecule has 0 N–H and O–H groups in total. The summed E-state index contributed by atoms with van der Waals surface area (Å²) in [6.07, 6.45) is 7.92. The lowest BCUT2D eigenvalue weighted by Crippen LogP contribution is -2.10. The molecule has 3 aromatic rings. The fourth-order valence-electron chi connectivity index (χ4n) is 2.79. The molecule has 0 aliphatic heterocycles. The monoisotopic (exact) mass is 284 g/mol. The van der Waals surface area contributed by atoms with E-state index in [9.17, 15) is 0 Å². The minimum absolute atomic E-state index is 0.701. The Bertz CT molecular complexity index is 779. The van der Waals surface area contributed by atoms with E-state index in [0.29, 0.717) is 5.15 Å². The minimum Gasteiger partial charge on any atom is -0.256 e. The van der Waals surface area contributed by atoms with Crippen molar-refractivity contribution in [2.75, 3.05) is 0 Å². The second-order valence-electron chi connectivity index (χ2n) is 5.04. The van der Waals surface area contributed by atoms with E-state index >= 15 is 0 Å². The lowest BCUT2D eigenvalue weighted by atomic mass is 9.97.